The van der Waals surface area contributed by atoms with Gasteiger partial charge in [-0.2, -0.15) is 0 Å². The third kappa shape index (κ3) is 3.09. The zero-order chi connectivity index (χ0) is 16.4. The highest BCUT2D eigenvalue weighted by atomic mass is 16.5. The van der Waals surface area contributed by atoms with Crippen LogP contribution in [0.15, 0.2) is 10.6 Å². The lowest BCUT2D eigenvalue weighted by Crippen LogP contribution is -2.52. The van der Waals surface area contributed by atoms with Crippen LogP contribution in [0.2, 0.25) is 0 Å². The van der Waals surface area contributed by atoms with Gasteiger partial charge in [0.25, 0.3) is 0 Å². The summed E-state index contributed by atoms with van der Waals surface area (Å²) >= 11 is 0. The molecular formula is C18H27N3O3. The number of amides is 1. The smallest absolute Gasteiger partial charge is 0.230 e. The molecule has 1 aromatic rings. The molecule has 0 bridgehead atoms. The van der Waals surface area contributed by atoms with Crippen LogP contribution in [0.3, 0.4) is 0 Å². The lowest BCUT2D eigenvalue weighted by Gasteiger charge is -2.38. The molecule has 2 atom stereocenters. The molecule has 4 heterocycles. The van der Waals surface area contributed by atoms with Crippen LogP contribution < -0.4 is 5.32 Å². The minimum atomic E-state index is -0.369. The highest BCUT2D eigenvalue weighted by Gasteiger charge is 2.43. The van der Waals surface area contributed by atoms with Crippen LogP contribution in [0.5, 0.6) is 0 Å². The van der Waals surface area contributed by atoms with Crippen molar-refractivity contribution in [2.45, 2.75) is 44.4 Å². The lowest BCUT2D eigenvalue weighted by atomic mass is 9.75. The first-order valence-corrected chi connectivity index (χ1v) is 9.30. The van der Waals surface area contributed by atoms with Gasteiger partial charge in [0.15, 0.2) is 0 Å². The van der Waals surface area contributed by atoms with E-state index in [2.05, 4.69) is 15.4 Å². The van der Waals surface area contributed by atoms with E-state index < -0.39 is 0 Å². The Morgan fingerprint density at radius 1 is 1.38 bits per heavy atom. The molecule has 3 aliphatic rings. The fourth-order valence-electron chi connectivity index (χ4n) is 4.34. The molecule has 0 unspecified atom stereocenters. The van der Waals surface area contributed by atoms with Crippen molar-refractivity contribution >= 4 is 5.91 Å². The molecule has 0 radical (unpaired) electrons. The van der Waals surface area contributed by atoms with E-state index in [0.29, 0.717) is 18.2 Å². The number of likely N-dealkylation sites (tertiary alicyclic amines) is 1. The largest absolute Gasteiger partial charge is 0.381 e. The molecule has 0 aliphatic carbocycles. The zero-order valence-electron chi connectivity index (χ0n) is 14.3. The van der Waals surface area contributed by atoms with Crippen LogP contribution in [-0.4, -0.2) is 55.4 Å². The van der Waals surface area contributed by atoms with Crippen LogP contribution in [0.25, 0.3) is 0 Å². The fraction of sp³-hybridized carbons (Fsp3) is 0.778. The molecule has 3 saturated heterocycles. The van der Waals surface area contributed by atoms with Gasteiger partial charge >= 0.3 is 0 Å². The van der Waals surface area contributed by atoms with Crippen molar-refractivity contribution in [3.8, 4) is 0 Å². The summed E-state index contributed by atoms with van der Waals surface area (Å²) in [5, 5.41) is 7.68. The van der Waals surface area contributed by atoms with E-state index in [1.165, 1.54) is 0 Å². The second kappa shape index (κ2) is 6.84. The molecule has 0 spiro atoms. The van der Waals surface area contributed by atoms with Crippen LogP contribution in [-0.2, 0) is 16.0 Å². The van der Waals surface area contributed by atoms with Gasteiger partial charge in [-0.25, -0.2) is 0 Å². The summed E-state index contributed by atoms with van der Waals surface area (Å²) in [6, 6.07) is 2.05. The average molecular weight is 333 g/mol. The van der Waals surface area contributed by atoms with Gasteiger partial charge < -0.3 is 19.5 Å². The van der Waals surface area contributed by atoms with Crippen LogP contribution >= 0.6 is 0 Å². The molecule has 3 fully saturated rings. The van der Waals surface area contributed by atoms with Crippen molar-refractivity contribution in [2.75, 3.05) is 39.4 Å². The first-order valence-electron chi connectivity index (χ1n) is 9.30. The maximum Gasteiger partial charge on any atom is 0.230 e. The molecule has 3 aliphatic heterocycles. The Morgan fingerprint density at radius 2 is 2.25 bits per heavy atom. The number of aromatic nitrogens is 1. The van der Waals surface area contributed by atoms with Gasteiger partial charge in [-0.15, -0.1) is 0 Å². The Kier molecular flexibility index (Phi) is 4.59. The van der Waals surface area contributed by atoms with Gasteiger partial charge in [-0.05, 0) is 38.6 Å². The van der Waals surface area contributed by atoms with E-state index in [0.717, 1.165) is 83.0 Å². The molecule has 1 N–H and O–H groups in total. The Labute approximate surface area is 142 Å². The average Bonchev–Trinajstić information content (AvgIpc) is 3.36. The maximum absolute atomic E-state index is 13.2. The molecule has 6 nitrogen and oxygen atoms in total. The zero-order valence-corrected chi connectivity index (χ0v) is 14.3. The fourth-order valence-corrected chi connectivity index (χ4v) is 4.34. The van der Waals surface area contributed by atoms with Crippen molar-refractivity contribution in [1.29, 1.82) is 0 Å². The van der Waals surface area contributed by atoms with Gasteiger partial charge in [0, 0.05) is 44.6 Å². The molecule has 1 amide bonds. The van der Waals surface area contributed by atoms with Gasteiger partial charge in [-0.3, -0.25) is 4.79 Å². The number of rotatable bonds is 4. The maximum atomic E-state index is 13.2. The van der Waals surface area contributed by atoms with E-state index in [1.54, 1.807) is 0 Å². The first-order chi connectivity index (χ1) is 11.8. The second-order valence-electron chi connectivity index (χ2n) is 7.52. The Balaban J connectivity index is 1.52. The van der Waals surface area contributed by atoms with Gasteiger partial charge in [-0.1, -0.05) is 5.16 Å². The highest BCUT2D eigenvalue weighted by Crippen LogP contribution is 2.35. The number of nitrogens with one attached hydrogen (secondary N) is 1. The van der Waals surface area contributed by atoms with Crippen LogP contribution in [0.1, 0.15) is 49.5 Å². The van der Waals surface area contributed by atoms with Crippen molar-refractivity contribution in [2.24, 2.45) is 5.41 Å². The molecule has 0 saturated carbocycles. The van der Waals surface area contributed by atoms with E-state index in [-0.39, 0.29) is 5.41 Å². The number of hydrogen-bond donors (Lipinski definition) is 1. The van der Waals surface area contributed by atoms with E-state index in [1.807, 2.05) is 6.07 Å². The number of ether oxygens (including phenoxy) is 1. The summed E-state index contributed by atoms with van der Waals surface area (Å²) in [4.78, 5) is 15.2. The van der Waals surface area contributed by atoms with Crippen molar-refractivity contribution in [3.63, 3.8) is 0 Å². The summed E-state index contributed by atoms with van der Waals surface area (Å²) in [6.07, 6.45) is 5.88. The number of piperidine rings is 1. The van der Waals surface area contributed by atoms with E-state index in [4.69, 9.17) is 9.26 Å². The normalized spacial score (nSPS) is 30.8. The summed E-state index contributed by atoms with van der Waals surface area (Å²) < 4.78 is 11.1. The quantitative estimate of drug-likeness (QED) is 0.908. The second-order valence-corrected chi connectivity index (χ2v) is 7.52. The summed E-state index contributed by atoms with van der Waals surface area (Å²) in [5.74, 6) is 1.49. The predicted octanol–water partition coefficient (Wildman–Crippen LogP) is 1.71. The lowest BCUT2D eigenvalue weighted by molar-refractivity contribution is -0.142. The standard InChI is InChI=1S/C18H27N3O3/c22-17(21-7-1-2-8-21)18(5-3-6-19-13-18)11-15-10-16(20-24-15)14-4-9-23-12-14/h10,14,19H,1-9,11-13H2/t14-,18+/m0/s1. The minimum absolute atomic E-state index is 0.300. The van der Waals surface area contributed by atoms with Gasteiger partial charge in [0.2, 0.25) is 5.91 Å². The topological polar surface area (TPSA) is 67.6 Å². The molecular weight excluding hydrogens is 306 g/mol. The summed E-state index contributed by atoms with van der Waals surface area (Å²) in [7, 11) is 0. The summed E-state index contributed by atoms with van der Waals surface area (Å²) in [5.41, 5.74) is 0.612. The molecule has 132 valence electrons. The number of hydrogen-bond acceptors (Lipinski definition) is 5. The number of carbonyl (C=O) groups excluding carboxylic acids is 1. The molecule has 6 heteroatoms. The van der Waals surface area contributed by atoms with E-state index >= 15 is 0 Å². The third-order valence-electron chi connectivity index (χ3n) is 5.76. The van der Waals surface area contributed by atoms with Crippen LogP contribution in [0.4, 0.5) is 0 Å². The van der Waals surface area contributed by atoms with Crippen molar-refractivity contribution < 1.29 is 14.1 Å². The summed E-state index contributed by atoms with van der Waals surface area (Å²) in [6.45, 7) is 5.07. The van der Waals surface area contributed by atoms with Crippen molar-refractivity contribution in [3.05, 3.63) is 17.5 Å². The molecule has 0 aromatic carbocycles. The predicted molar refractivity (Wildman–Crippen MR) is 88.7 cm³/mol. The number of carbonyl (C=O) groups is 1. The minimum Gasteiger partial charge on any atom is -0.381 e. The molecule has 4 rings (SSSR count). The van der Waals surface area contributed by atoms with Crippen LogP contribution in [0, 0.1) is 5.41 Å². The molecule has 24 heavy (non-hydrogen) atoms. The highest BCUT2D eigenvalue weighted by molar-refractivity contribution is 5.83. The SMILES string of the molecule is O=C(N1CCCC1)[C@@]1(Cc2cc([C@H]3CCOC3)no2)CCCNC1. The molecule has 1 aromatic heterocycles. The third-order valence-corrected chi connectivity index (χ3v) is 5.76. The monoisotopic (exact) mass is 333 g/mol. The first kappa shape index (κ1) is 16.1. The van der Waals surface area contributed by atoms with E-state index in [9.17, 15) is 4.79 Å². The van der Waals surface area contributed by atoms with Gasteiger partial charge in [0.1, 0.15) is 5.76 Å². The Bertz CT molecular complexity index is 568. The van der Waals surface area contributed by atoms with Crippen molar-refractivity contribution in [1.82, 2.24) is 15.4 Å². The van der Waals surface area contributed by atoms with Gasteiger partial charge in [0.05, 0.1) is 17.7 Å². The number of nitrogens with zero attached hydrogens (tertiary/aromatic N) is 2. The Hall–Kier alpha value is -1.40. The Morgan fingerprint density at radius 3 is 2.96 bits per heavy atom.